The molecule has 0 saturated heterocycles. The third-order valence-corrected chi connectivity index (χ3v) is 3.12. The highest BCUT2D eigenvalue weighted by molar-refractivity contribution is 5.86. The Balaban J connectivity index is 2.18. The Morgan fingerprint density at radius 3 is 2.89 bits per heavy atom. The molecule has 1 aliphatic rings. The van der Waals surface area contributed by atoms with Gasteiger partial charge in [-0.25, -0.2) is 4.79 Å². The number of rotatable bonds is 1. The van der Waals surface area contributed by atoms with E-state index in [2.05, 4.69) is 0 Å². The molecule has 2 aromatic rings. The number of fused-ring (bicyclic) bond motifs is 1. The largest absolute Gasteiger partial charge is 0.488 e. The summed E-state index contributed by atoms with van der Waals surface area (Å²) in [4.78, 5) is 11.9. The first-order valence-corrected chi connectivity index (χ1v) is 5.67. The second-order valence-electron chi connectivity index (χ2n) is 4.29. The van der Waals surface area contributed by atoms with Crippen molar-refractivity contribution in [2.45, 2.75) is 13.8 Å². The molecule has 18 heavy (non-hydrogen) atoms. The van der Waals surface area contributed by atoms with Crippen molar-refractivity contribution in [1.82, 2.24) is 0 Å². The van der Waals surface area contributed by atoms with Gasteiger partial charge in [-0.3, -0.25) is 0 Å². The SMILES string of the molecule is Cc1oc(=O)c2c(c1C)OC/C2=C\c1ccoc1. The van der Waals surface area contributed by atoms with E-state index in [0.717, 1.165) is 16.7 Å². The first kappa shape index (κ1) is 10.9. The molecule has 2 aromatic heterocycles. The highest BCUT2D eigenvalue weighted by Gasteiger charge is 2.26. The Kier molecular flexibility index (Phi) is 2.37. The van der Waals surface area contributed by atoms with Crippen molar-refractivity contribution in [2.24, 2.45) is 0 Å². The highest BCUT2D eigenvalue weighted by Crippen LogP contribution is 2.35. The molecule has 0 unspecified atom stereocenters. The Bertz CT molecular complexity index is 675. The molecule has 92 valence electrons. The van der Waals surface area contributed by atoms with Gasteiger partial charge in [-0.2, -0.15) is 0 Å². The number of ether oxygens (including phenoxy) is 1. The summed E-state index contributed by atoms with van der Waals surface area (Å²) in [7, 11) is 0. The summed E-state index contributed by atoms with van der Waals surface area (Å²) in [5.74, 6) is 1.24. The maximum Gasteiger partial charge on any atom is 0.347 e. The first-order valence-electron chi connectivity index (χ1n) is 5.67. The van der Waals surface area contributed by atoms with Crippen LogP contribution in [0.25, 0.3) is 11.6 Å². The maximum absolute atomic E-state index is 11.9. The summed E-state index contributed by atoms with van der Waals surface area (Å²) in [6.07, 6.45) is 5.08. The minimum Gasteiger partial charge on any atom is -0.488 e. The molecule has 3 heterocycles. The van der Waals surface area contributed by atoms with Crippen molar-refractivity contribution >= 4 is 11.6 Å². The lowest BCUT2D eigenvalue weighted by Crippen LogP contribution is -2.06. The van der Waals surface area contributed by atoms with Crippen LogP contribution in [0, 0.1) is 13.8 Å². The average Bonchev–Trinajstić information content (AvgIpc) is 2.96. The summed E-state index contributed by atoms with van der Waals surface area (Å²) in [6.45, 7) is 4.03. The summed E-state index contributed by atoms with van der Waals surface area (Å²) >= 11 is 0. The summed E-state index contributed by atoms with van der Waals surface area (Å²) in [6, 6.07) is 1.83. The minimum atomic E-state index is -0.347. The smallest absolute Gasteiger partial charge is 0.347 e. The number of furan rings is 1. The van der Waals surface area contributed by atoms with Crippen LogP contribution in [0.5, 0.6) is 5.75 Å². The monoisotopic (exact) mass is 244 g/mol. The first-order chi connectivity index (χ1) is 8.66. The van der Waals surface area contributed by atoms with E-state index in [1.165, 1.54) is 0 Å². The zero-order valence-electron chi connectivity index (χ0n) is 10.1. The lowest BCUT2D eigenvalue weighted by atomic mass is 10.1. The molecule has 0 saturated carbocycles. The third kappa shape index (κ3) is 1.57. The van der Waals surface area contributed by atoms with Gasteiger partial charge in [0.1, 0.15) is 23.7 Å². The van der Waals surface area contributed by atoms with Gasteiger partial charge >= 0.3 is 5.63 Å². The van der Waals surface area contributed by atoms with Crippen LogP contribution in [0.4, 0.5) is 0 Å². The Labute approximate surface area is 103 Å². The van der Waals surface area contributed by atoms with Crippen molar-refractivity contribution in [3.8, 4) is 5.75 Å². The van der Waals surface area contributed by atoms with Crippen LogP contribution in [0.2, 0.25) is 0 Å². The van der Waals surface area contributed by atoms with Crippen LogP contribution in [-0.4, -0.2) is 6.61 Å². The fraction of sp³-hybridized carbons (Fsp3) is 0.214. The van der Waals surface area contributed by atoms with Gasteiger partial charge in [0, 0.05) is 16.7 Å². The van der Waals surface area contributed by atoms with Crippen LogP contribution in [0.15, 0.2) is 32.2 Å². The Hall–Kier alpha value is -2.23. The van der Waals surface area contributed by atoms with Crippen molar-refractivity contribution < 1.29 is 13.6 Å². The molecule has 4 nitrogen and oxygen atoms in total. The van der Waals surface area contributed by atoms with Gasteiger partial charge in [0.15, 0.2) is 0 Å². The van der Waals surface area contributed by atoms with E-state index in [0.29, 0.717) is 23.7 Å². The van der Waals surface area contributed by atoms with Gasteiger partial charge < -0.3 is 13.6 Å². The molecule has 0 aliphatic carbocycles. The molecule has 0 atom stereocenters. The van der Waals surface area contributed by atoms with Gasteiger partial charge in [0.05, 0.1) is 12.5 Å². The summed E-state index contributed by atoms with van der Waals surface area (Å²) in [5, 5.41) is 0. The van der Waals surface area contributed by atoms with Gasteiger partial charge in [0.25, 0.3) is 0 Å². The molecule has 1 aliphatic heterocycles. The fourth-order valence-electron chi connectivity index (χ4n) is 2.06. The molecular weight excluding hydrogens is 232 g/mol. The van der Waals surface area contributed by atoms with E-state index in [9.17, 15) is 4.79 Å². The van der Waals surface area contributed by atoms with Crippen molar-refractivity contribution in [3.05, 3.63) is 51.5 Å². The second kappa shape index (κ2) is 3.91. The molecule has 0 N–H and O–H groups in total. The van der Waals surface area contributed by atoms with Gasteiger partial charge in [0.2, 0.25) is 0 Å². The van der Waals surface area contributed by atoms with E-state index in [4.69, 9.17) is 13.6 Å². The number of hydrogen-bond donors (Lipinski definition) is 0. The Morgan fingerprint density at radius 1 is 1.33 bits per heavy atom. The van der Waals surface area contributed by atoms with Gasteiger partial charge in [-0.1, -0.05) is 0 Å². The molecule has 0 amide bonds. The van der Waals surface area contributed by atoms with E-state index in [1.54, 1.807) is 19.5 Å². The van der Waals surface area contributed by atoms with Crippen molar-refractivity contribution in [3.63, 3.8) is 0 Å². The van der Waals surface area contributed by atoms with Gasteiger partial charge in [-0.15, -0.1) is 0 Å². The van der Waals surface area contributed by atoms with Crippen molar-refractivity contribution in [1.29, 1.82) is 0 Å². The average molecular weight is 244 g/mol. The molecule has 0 bridgehead atoms. The van der Waals surface area contributed by atoms with E-state index >= 15 is 0 Å². The molecule has 0 radical (unpaired) electrons. The Morgan fingerprint density at radius 2 is 2.17 bits per heavy atom. The quantitative estimate of drug-likeness (QED) is 0.774. The van der Waals surface area contributed by atoms with Crippen molar-refractivity contribution in [2.75, 3.05) is 6.61 Å². The molecule has 0 aromatic carbocycles. The van der Waals surface area contributed by atoms with Crippen LogP contribution >= 0.6 is 0 Å². The zero-order valence-corrected chi connectivity index (χ0v) is 10.1. The molecular formula is C14H12O4. The predicted molar refractivity (Wildman–Crippen MR) is 66.5 cm³/mol. The summed E-state index contributed by atoms with van der Waals surface area (Å²) < 4.78 is 15.8. The topological polar surface area (TPSA) is 52.6 Å². The normalized spacial score (nSPS) is 15.8. The van der Waals surface area contributed by atoms with Crippen LogP contribution in [0.1, 0.15) is 22.5 Å². The number of aryl methyl sites for hydroxylation is 1. The lowest BCUT2D eigenvalue weighted by Gasteiger charge is -2.03. The third-order valence-electron chi connectivity index (χ3n) is 3.12. The van der Waals surface area contributed by atoms with Crippen LogP contribution < -0.4 is 10.4 Å². The fourth-order valence-corrected chi connectivity index (χ4v) is 2.06. The lowest BCUT2D eigenvalue weighted by molar-refractivity contribution is 0.376. The second-order valence-corrected chi connectivity index (χ2v) is 4.29. The van der Waals surface area contributed by atoms with Crippen LogP contribution in [0.3, 0.4) is 0 Å². The molecule has 0 fully saturated rings. The van der Waals surface area contributed by atoms with E-state index in [-0.39, 0.29) is 5.63 Å². The highest BCUT2D eigenvalue weighted by atomic mass is 16.5. The minimum absolute atomic E-state index is 0.347. The van der Waals surface area contributed by atoms with Crippen LogP contribution in [-0.2, 0) is 0 Å². The van der Waals surface area contributed by atoms with Gasteiger partial charge in [-0.05, 0) is 26.0 Å². The standard InChI is InChI=1S/C14H12O4/c1-8-9(2)18-14(15)12-11(7-17-13(8)12)5-10-3-4-16-6-10/h3-6H,7H2,1-2H3/b11-5+. The van der Waals surface area contributed by atoms with E-state index < -0.39 is 0 Å². The molecule has 0 spiro atoms. The molecule has 3 rings (SSSR count). The molecule has 4 heteroatoms. The van der Waals surface area contributed by atoms with E-state index in [1.807, 2.05) is 19.1 Å². The maximum atomic E-state index is 11.9. The predicted octanol–water partition coefficient (Wildman–Crippen LogP) is 2.78. The summed E-state index contributed by atoms with van der Waals surface area (Å²) in [5.41, 5.74) is 2.78. The zero-order chi connectivity index (χ0) is 12.7. The number of hydrogen-bond acceptors (Lipinski definition) is 4.